The Hall–Kier alpha value is -1.72. The van der Waals surface area contributed by atoms with Gasteiger partial charge in [0.15, 0.2) is 0 Å². The van der Waals surface area contributed by atoms with Crippen LogP contribution < -0.4 is 10.6 Å². The van der Waals surface area contributed by atoms with Crippen molar-refractivity contribution in [3.05, 3.63) is 51.5 Å². The molecule has 1 atom stereocenters. The number of rotatable bonds is 4. The number of benzene rings is 1. The van der Waals surface area contributed by atoms with Crippen LogP contribution in [0.1, 0.15) is 33.9 Å². The van der Waals surface area contributed by atoms with Crippen molar-refractivity contribution >= 4 is 17.2 Å². The van der Waals surface area contributed by atoms with Crippen LogP contribution in [0, 0.1) is 0 Å². The van der Waals surface area contributed by atoms with Gasteiger partial charge in [-0.3, -0.25) is 4.79 Å². The molecule has 3 rings (SSSR count). The Labute approximate surface area is 128 Å². The second kappa shape index (κ2) is 6.37. The van der Waals surface area contributed by atoms with E-state index >= 15 is 0 Å². The van der Waals surface area contributed by atoms with Crippen LogP contribution in [0.2, 0.25) is 0 Å². The molecular weight excluding hydrogens is 282 g/mol. The summed E-state index contributed by atoms with van der Waals surface area (Å²) in [4.78, 5) is 18.0. The van der Waals surface area contributed by atoms with Gasteiger partial charge in [-0.15, -0.1) is 11.3 Å². The van der Waals surface area contributed by atoms with E-state index in [4.69, 9.17) is 0 Å². The van der Waals surface area contributed by atoms with Crippen molar-refractivity contribution in [2.75, 3.05) is 6.54 Å². The lowest BCUT2D eigenvalue weighted by molar-refractivity contribution is -0.122. The van der Waals surface area contributed by atoms with Gasteiger partial charge in [0.05, 0.1) is 12.5 Å². The van der Waals surface area contributed by atoms with Gasteiger partial charge < -0.3 is 10.6 Å². The molecule has 1 aliphatic rings. The van der Waals surface area contributed by atoms with Crippen molar-refractivity contribution in [3.8, 4) is 0 Å². The number of aryl methyl sites for hydroxylation is 1. The number of carbonyl (C=O) groups is 1. The average molecular weight is 301 g/mol. The van der Waals surface area contributed by atoms with E-state index in [0.717, 1.165) is 23.5 Å². The molecule has 5 heteroatoms. The summed E-state index contributed by atoms with van der Waals surface area (Å²) in [5.41, 5.74) is 2.36. The first-order valence-corrected chi connectivity index (χ1v) is 8.09. The highest BCUT2D eigenvalue weighted by Gasteiger charge is 2.25. The second-order valence-corrected chi connectivity index (χ2v) is 6.37. The Kier molecular flexibility index (Phi) is 4.31. The standard InChI is InChI=1S/C16H19N3OS/c1-2-12-8-18-15(21-12)10-19-16(20)14-9-17-7-11-5-3-4-6-13(11)14/h3-6,8,14,17H,2,7,9-10H2,1H3,(H,19,20). The van der Waals surface area contributed by atoms with Crippen LogP contribution in [0.25, 0.3) is 0 Å². The Morgan fingerprint density at radius 2 is 2.33 bits per heavy atom. The van der Waals surface area contributed by atoms with Gasteiger partial charge in [-0.25, -0.2) is 4.98 Å². The first kappa shape index (κ1) is 14.2. The van der Waals surface area contributed by atoms with Gasteiger partial charge in [-0.05, 0) is 17.5 Å². The number of amides is 1. The molecule has 0 saturated heterocycles. The molecule has 110 valence electrons. The largest absolute Gasteiger partial charge is 0.349 e. The van der Waals surface area contributed by atoms with Crippen LogP contribution in [0.15, 0.2) is 30.5 Å². The van der Waals surface area contributed by atoms with Gasteiger partial charge in [0.25, 0.3) is 0 Å². The van der Waals surface area contributed by atoms with Crippen molar-refractivity contribution in [1.82, 2.24) is 15.6 Å². The fourth-order valence-corrected chi connectivity index (χ4v) is 3.41. The van der Waals surface area contributed by atoms with Crippen molar-refractivity contribution in [1.29, 1.82) is 0 Å². The number of hydrogen-bond donors (Lipinski definition) is 2. The molecule has 1 aromatic carbocycles. The maximum absolute atomic E-state index is 12.4. The maximum atomic E-state index is 12.4. The molecule has 21 heavy (non-hydrogen) atoms. The van der Waals surface area contributed by atoms with Crippen LogP contribution >= 0.6 is 11.3 Å². The molecule has 1 aromatic heterocycles. The van der Waals surface area contributed by atoms with Crippen LogP contribution in [-0.2, 0) is 24.3 Å². The van der Waals surface area contributed by atoms with E-state index in [0.29, 0.717) is 13.1 Å². The third-order valence-electron chi connectivity index (χ3n) is 3.77. The molecule has 1 aliphatic heterocycles. The van der Waals surface area contributed by atoms with Crippen LogP contribution in [0.5, 0.6) is 0 Å². The molecule has 1 unspecified atom stereocenters. The van der Waals surface area contributed by atoms with E-state index in [1.807, 2.05) is 18.3 Å². The molecule has 1 amide bonds. The van der Waals surface area contributed by atoms with E-state index in [1.165, 1.54) is 10.4 Å². The Morgan fingerprint density at radius 3 is 3.14 bits per heavy atom. The van der Waals surface area contributed by atoms with E-state index in [-0.39, 0.29) is 11.8 Å². The highest BCUT2D eigenvalue weighted by atomic mass is 32.1. The number of nitrogens with one attached hydrogen (secondary N) is 2. The monoisotopic (exact) mass is 301 g/mol. The van der Waals surface area contributed by atoms with Crippen LogP contribution in [0.3, 0.4) is 0 Å². The van der Waals surface area contributed by atoms with Gasteiger partial charge in [0.2, 0.25) is 5.91 Å². The van der Waals surface area contributed by atoms with E-state index < -0.39 is 0 Å². The predicted octanol–water partition coefficient (Wildman–Crippen LogP) is 2.21. The molecule has 4 nitrogen and oxygen atoms in total. The lowest BCUT2D eigenvalue weighted by Crippen LogP contribution is -2.38. The zero-order valence-corrected chi connectivity index (χ0v) is 12.9. The molecule has 0 spiro atoms. The maximum Gasteiger partial charge on any atom is 0.229 e. The molecule has 0 fully saturated rings. The summed E-state index contributed by atoms with van der Waals surface area (Å²) in [7, 11) is 0. The summed E-state index contributed by atoms with van der Waals surface area (Å²) in [5.74, 6) is -0.0385. The summed E-state index contributed by atoms with van der Waals surface area (Å²) in [6, 6.07) is 8.15. The number of fused-ring (bicyclic) bond motifs is 1. The first-order valence-electron chi connectivity index (χ1n) is 7.27. The number of nitrogens with zero attached hydrogens (tertiary/aromatic N) is 1. The van der Waals surface area contributed by atoms with Crippen LogP contribution in [0.4, 0.5) is 0 Å². The first-order chi connectivity index (χ1) is 10.3. The molecule has 0 aliphatic carbocycles. The summed E-state index contributed by atoms with van der Waals surface area (Å²) in [6.45, 7) is 4.16. The summed E-state index contributed by atoms with van der Waals surface area (Å²) in [5, 5.41) is 7.30. The highest BCUT2D eigenvalue weighted by molar-refractivity contribution is 7.11. The zero-order valence-electron chi connectivity index (χ0n) is 12.1. The van der Waals surface area contributed by atoms with Gasteiger partial charge in [-0.1, -0.05) is 31.2 Å². The molecule has 2 aromatic rings. The topological polar surface area (TPSA) is 54.0 Å². The van der Waals surface area contributed by atoms with Crippen molar-refractivity contribution in [2.45, 2.75) is 32.4 Å². The minimum absolute atomic E-state index is 0.0721. The van der Waals surface area contributed by atoms with E-state index in [2.05, 4.69) is 34.7 Å². The number of hydrogen-bond acceptors (Lipinski definition) is 4. The quantitative estimate of drug-likeness (QED) is 0.910. The van der Waals surface area contributed by atoms with Crippen LogP contribution in [-0.4, -0.2) is 17.4 Å². The SMILES string of the molecule is CCc1cnc(CNC(=O)C2CNCc3ccccc32)s1. The van der Waals surface area contributed by atoms with E-state index in [9.17, 15) is 4.79 Å². The predicted molar refractivity (Wildman–Crippen MR) is 84.2 cm³/mol. The van der Waals surface area contributed by atoms with Gasteiger partial charge >= 0.3 is 0 Å². The van der Waals surface area contributed by atoms with E-state index in [1.54, 1.807) is 11.3 Å². The molecule has 0 radical (unpaired) electrons. The van der Waals surface area contributed by atoms with Gasteiger partial charge in [0, 0.05) is 24.2 Å². The fraction of sp³-hybridized carbons (Fsp3) is 0.375. The minimum atomic E-state index is -0.111. The second-order valence-electron chi connectivity index (χ2n) is 5.17. The summed E-state index contributed by atoms with van der Waals surface area (Å²) < 4.78 is 0. The third kappa shape index (κ3) is 3.14. The average Bonchev–Trinajstić information content (AvgIpc) is 3.00. The van der Waals surface area contributed by atoms with Crippen molar-refractivity contribution < 1.29 is 4.79 Å². The molecule has 2 heterocycles. The zero-order chi connectivity index (χ0) is 14.7. The summed E-state index contributed by atoms with van der Waals surface area (Å²) >= 11 is 1.67. The van der Waals surface area contributed by atoms with Gasteiger partial charge in [-0.2, -0.15) is 0 Å². The molecule has 0 saturated carbocycles. The lowest BCUT2D eigenvalue weighted by atomic mass is 9.90. The lowest BCUT2D eigenvalue weighted by Gasteiger charge is -2.25. The number of aromatic nitrogens is 1. The molecule has 2 N–H and O–H groups in total. The van der Waals surface area contributed by atoms with Gasteiger partial charge in [0.1, 0.15) is 5.01 Å². The minimum Gasteiger partial charge on any atom is -0.349 e. The summed E-state index contributed by atoms with van der Waals surface area (Å²) in [6.07, 6.45) is 2.88. The smallest absolute Gasteiger partial charge is 0.229 e. The molecular formula is C16H19N3OS. The third-order valence-corrected chi connectivity index (χ3v) is 4.92. The Bertz CT molecular complexity index is 638. The number of carbonyl (C=O) groups excluding carboxylic acids is 1. The van der Waals surface area contributed by atoms with Crippen molar-refractivity contribution in [2.24, 2.45) is 0 Å². The Morgan fingerprint density at radius 1 is 1.48 bits per heavy atom. The Balaban J connectivity index is 1.66. The normalized spacial score (nSPS) is 17.3. The number of thiazole rings is 1. The highest BCUT2D eigenvalue weighted by Crippen LogP contribution is 2.24. The van der Waals surface area contributed by atoms with Crippen molar-refractivity contribution in [3.63, 3.8) is 0 Å². The fourth-order valence-electron chi connectivity index (χ4n) is 2.61. The molecule has 0 bridgehead atoms.